The summed E-state index contributed by atoms with van der Waals surface area (Å²) in [6.07, 6.45) is 0.156. The van der Waals surface area contributed by atoms with Gasteiger partial charge in [0, 0.05) is 18.0 Å². The van der Waals surface area contributed by atoms with Crippen LogP contribution in [-0.2, 0) is 17.7 Å². The predicted octanol–water partition coefficient (Wildman–Crippen LogP) is 3.43. The molecule has 0 bridgehead atoms. The third-order valence-electron chi connectivity index (χ3n) is 3.82. The number of nitrogens with one attached hydrogen (secondary N) is 1. The van der Waals surface area contributed by atoms with E-state index in [9.17, 15) is 4.79 Å². The van der Waals surface area contributed by atoms with Gasteiger partial charge < -0.3 is 9.84 Å². The topological polar surface area (TPSA) is 76.4 Å². The van der Waals surface area contributed by atoms with E-state index in [1.165, 1.54) is 0 Å². The molecule has 1 aromatic carbocycles. The summed E-state index contributed by atoms with van der Waals surface area (Å²) in [6, 6.07) is 7.60. The number of rotatable bonds is 5. The second-order valence-electron chi connectivity index (χ2n) is 7.10. The molecule has 6 nitrogen and oxygen atoms in total. The van der Waals surface area contributed by atoms with Gasteiger partial charge in [-0.1, -0.05) is 12.1 Å². The van der Waals surface area contributed by atoms with E-state index >= 15 is 0 Å². The molecule has 0 saturated carbocycles. The lowest BCUT2D eigenvalue weighted by atomic mass is 10.1. The highest BCUT2D eigenvalue weighted by atomic mass is 16.6. The first-order valence-corrected chi connectivity index (χ1v) is 8.42. The highest BCUT2D eigenvalue weighted by Crippen LogP contribution is 2.17. The number of hydrogen-bond acceptors (Lipinski definition) is 4. The Kier molecular flexibility index (Phi) is 5.85. The minimum Gasteiger partial charge on any atom is -0.444 e. The number of nitrogens with zero attached hydrogens (tertiary/aromatic N) is 2. The van der Waals surface area contributed by atoms with Gasteiger partial charge in [0.25, 0.3) is 0 Å². The summed E-state index contributed by atoms with van der Waals surface area (Å²) < 4.78 is 7.18. The summed E-state index contributed by atoms with van der Waals surface area (Å²) in [5, 5.41) is 16.4. The number of aryl methyl sites for hydroxylation is 1. The number of ether oxygens (including phenoxy) is 1. The van der Waals surface area contributed by atoms with Crippen LogP contribution in [0.15, 0.2) is 24.3 Å². The molecule has 0 radical (unpaired) electrons. The lowest BCUT2D eigenvalue weighted by Gasteiger charge is -2.19. The number of carbonyl (C=O) groups is 1. The summed E-state index contributed by atoms with van der Waals surface area (Å²) in [5.41, 5.74) is 4.37. The molecule has 0 aliphatic heterocycles. The maximum atomic E-state index is 11.8. The van der Waals surface area contributed by atoms with E-state index < -0.39 is 11.7 Å². The Hall–Kier alpha value is -2.34. The number of aliphatic hydroxyl groups excluding tert-OH is 1. The number of hydrogen-bond donors (Lipinski definition) is 2. The maximum Gasteiger partial charge on any atom is 0.412 e. The van der Waals surface area contributed by atoms with Gasteiger partial charge >= 0.3 is 6.09 Å². The minimum absolute atomic E-state index is 0.123. The monoisotopic (exact) mass is 345 g/mol. The average molecular weight is 345 g/mol. The van der Waals surface area contributed by atoms with Gasteiger partial charge in [-0.25, -0.2) is 4.79 Å². The van der Waals surface area contributed by atoms with E-state index in [2.05, 4.69) is 10.4 Å². The SMILES string of the molecule is Cc1nn(Cc2ccc(NC(=O)OC(C)(C)C)cc2)c(C)c1CCO. The van der Waals surface area contributed by atoms with E-state index in [4.69, 9.17) is 9.84 Å². The Labute approximate surface area is 148 Å². The van der Waals surface area contributed by atoms with E-state index in [1.807, 2.05) is 63.6 Å². The van der Waals surface area contributed by atoms with Crippen LogP contribution in [-0.4, -0.2) is 33.2 Å². The molecule has 0 fully saturated rings. The average Bonchev–Trinajstić information content (AvgIpc) is 2.75. The fraction of sp³-hybridized carbons (Fsp3) is 0.474. The van der Waals surface area contributed by atoms with Gasteiger partial charge in [-0.2, -0.15) is 5.10 Å². The Morgan fingerprint density at radius 2 is 1.88 bits per heavy atom. The third-order valence-corrected chi connectivity index (χ3v) is 3.82. The molecule has 0 aliphatic carbocycles. The molecule has 0 aliphatic rings. The molecule has 1 heterocycles. The lowest BCUT2D eigenvalue weighted by molar-refractivity contribution is 0.0636. The molecule has 6 heteroatoms. The predicted molar refractivity (Wildman–Crippen MR) is 97.9 cm³/mol. The van der Waals surface area contributed by atoms with Crippen LogP contribution >= 0.6 is 0 Å². The van der Waals surface area contributed by atoms with Crippen LogP contribution in [0.3, 0.4) is 0 Å². The summed E-state index contributed by atoms with van der Waals surface area (Å²) in [4.78, 5) is 11.8. The molecule has 0 unspecified atom stereocenters. The van der Waals surface area contributed by atoms with Crippen LogP contribution < -0.4 is 5.32 Å². The van der Waals surface area contributed by atoms with E-state index in [1.54, 1.807) is 0 Å². The van der Waals surface area contributed by atoms with Crippen LogP contribution in [0.5, 0.6) is 0 Å². The smallest absolute Gasteiger partial charge is 0.412 e. The zero-order chi connectivity index (χ0) is 18.6. The largest absolute Gasteiger partial charge is 0.444 e. The van der Waals surface area contributed by atoms with Crippen molar-refractivity contribution in [3.8, 4) is 0 Å². The van der Waals surface area contributed by atoms with Crippen LogP contribution in [0, 0.1) is 13.8 Å². The van der Waals surface area contributed by atoms with Crippen molar-refractivity contribution in [2.45, 2.75) is 53.2 Å². The lowest BCUT2D eigenvalue weighted by Crippen LogP contribution is -2.27. The van der Waals surface area contributed by atoms with Gasteiger partial charge in [0.05, 0.1) is 12.2 Å². The molecular formula is C19H27N3O3. The number of benzene rings is 1. The molecule has 0 spiro atoms. The van der Waals surface area contributed by atoms with E-state index in [-0.39, 0.29) is 6.61 Å². The van der Waals surface area contributed by atoms with Gasteiger partial charge in [0.2, 0.25) is 0 Å². The van der Waals surface area contributed by atoms with Crippen molar-refractivity contribution < 1.29 is 14.6 Å². The first-order valence-electron chi connectivity index (χ1n) is 8.42. The molecule has 0 saturated heterocycles. The van der Waals surface area contributed by atoms with Crippen molar-refractivity contribution >= 4 is 11.8 Å². The molecule has 2 aromatic rings. The van der Waals surface area contributed by atoms with Crippen molar-refractivity contribution in [2.24, 2.45) is 0 Å². The zero-order valence-corrected chi connectivity index (χ0v) is 15.6. The molecule has 136 valence electrons. The molecule has 0 atom stereocenters. The molecule has 25 heavy (non-hydrogen) atoms. The fourth-order valence-electron chi connectivity index (χ4n) is 2.65. The standard InChI is InChI=1S/C19H27N3O3/c1-13-17(10-11-23)14(2)22(21-13)12-15-6-8-16(9-7-15)20-18(24)25-19(3,4)5/h6-9,23H,10-12H2,1-5H3,(H,20,24). The Balaban J connectivity index is 2.03. The fourth-order valence-corrected chi connectivity index (χ4v) is 2.65. The van der Waals surface area contributed by atoms with Crippen LogP contribution in [0.2, 0.25) is 0 Å². The van der Waals surface area contributed by atoms with Crippen molar-refractivity contribution in [1.29, 1.82) is 0 Å². The summed E-state index contributed by atoms with van der Waals surface area (Å²) in [7, 11) is 0. The quantitative estimate of drug-likeness (QED) is 0.870. The van der Waals surface area contributed by atoms with Gasteiger partial charge in [-0.3, -0.25) is 10.00 Å². The number of amides is 1. The maximum absolute atomic E-state index is 11.8. The Bertz CT molecular complexity index is 728. The molecular weight excluding hydrogens is 318 g/mol. The highest BCUT2D eigenvalue weighted by Gasteiger charge is 2.16. The minimum atomic E-state index is -0.522. The molecule has 1 aromatic heterocycles. The first kappa shape index (κ1) is 19.0. The van der Waals surface area contributed by atoms with E-state index in [0.29, 0.717) is 18.7 Å². The Morgan fingerprint density at radius 1 is 1.24 bits per heavy atom. The summed E-state index contributed by atoms with van der Waals surface area (Å²) in [5.74, 6) is 0. The van der Waals surface area contributed by atoms with Crippen LogP contribution in [0.4, 0.5) is 10.5 Å². The van der Waals surface area contributed by atoms with Crippen molar-refractivity contribution in [2.75, 3.05) is 11.9 Å². The van der Waals surface area contributed by atoms with Crippen molar-refractivity contribution in [3.63, 3.8) is 0 Å². The van der Waals surface area contributed by atoms with E-state index in [0.717, 1.165) is 22.5 Å². The zero-order valence-electron chi connectivity index (χ0n) is 15.6. The van der Waals surface area contributed by atoms with Gasteiger partial charge in [0.15, 0.2) is 0 Å². The van der Waals surface area contributed by atoms with Gasteiger partial charge in [0.1, 0.15) is 5.60 Å². The second-order valence-corrected chi connectivity index (χ2v) is 7.10. The Morgan fingerprint density at radius 3 is 2.44 bits per heavy atom. The molecule has 1 amide bonds. The first-order chi connectivity index (χ1) is 11.7. The second kappa shape index (κ2) is 7.70. The molecule has 2 rings (SSSR count). The number of aromatic nitrogens is 2. The number of aliphatic hydroxyl groups is 1. The molecule has 2 N–H and O–H groups in total. The van der Waals surface area contributed by atoms with Crippen molar-refractivity contribution in [1.82, 2.24) is 9.78 Å². The normalized spacial score (nSPS) is 11.4. The number of carbonyl (C=O) groups excluding carboxylic acids is 1. The van der Waals surface area contributed by atoms with Gasteiger partial charge in [-0.05, 0) is 64.3 Å². The summed E-state index contributed by atoms with van der Waals surface area (Å²) >= 11 is 0. The van der Waals surface area contributed by atoms with Crippen LogP contribution in [0.1, 0.15) is 43.3 Å². The number of anilines is 1. The highest BCUT2D eigenvalue weighted by molar-refractivity contribution is 5.84. The third kappa shape index (κ3) is 5.32. The summed E-state index contributed by atoms with van der Waals surface area (Å²) in [6.45, 7) is 10.2. The van der Waals surface area contributed by atoms with Crippen LogP contribution in [0.25, 0.3) is 0 Å². The van der Waals surface area contributed by atoms with Gasteiger partial charge in [-0.15, -0.1) is 0 Å². The van der Waals surface area contributed by atoms with Crippen molar-refractivity contribution in [3.05, 3.63) is 46.8 Å².